The molecule has 0 radical (unpaired) electrons. The molecule has 0 saturated carbocycles. The van der Waals surface area contributed by atoms with E-state index in [1.165, 1.54) is 30.1 Å². The summed E-state index contributed by atoms with van der Waals surface area (Å²) in [5, 5.41) is 14.6. The predicted molar refractivity (Wildman–Crippen MR) is 101 cm³/mol. The smallest absolute Gasteiger partial charge is 0.220 e. The third-order valence-electron chi connectivity index (χ3n) is 4.50. The highest BCUT2D eigenvalue weighted by Crippen LogP contribution is 2.32. The van der Waals surface area contributed by atoms with E-state index in [1.807, 2.05) is 0 Å². The summed E-state index contributed by atoms with van der Waals surface area (Å²) < 4.78 is 34.0. The van der Waals surface area contributed by atoms with Gasteiger partial charge in [-0.1, -0.05) is 0 Å². The lowest BCUT2D eigenvalue weighted by molar-refractivity contribution is 0.103. The number of ether oxygens (including phenoxy) is 1. The third-order valence-corrected chi connectivity index (χ3v) is 4.50. The summed E-state index contributed by atoms with van der Waals surface area (Å²) in [6.07, 6.45) is 1.48. The number of nitrogens with zero attached hydrogens (tertiary/aromatic N) is 3. The van der Waals surface area contributed by atoms with Gasteiger partial charge in [-0.25, -0.2) is 13.5 Å². The highest BCUT2D eigenvalue weighted by atomic mass is 19.1. The van der Waals surface area contributed by atoms with Gasteiger partial charge in [0.15, 0.2) is 17.3 Å². The highest BCUT2D eigenvalue weighted by Gasteiger charge is 2.22. The Bertz CT molecular complexity index is 1270. The molecule has 0 saturated heterocycles. The molecule has 4 rings (SSSR count). The van der Waals surface area contributed by atoms with Crippen molar-refractivity contribution >= 4 is 16.7 Å². The van der Waals surface area contributed by atoms with Gasteiger partial charge in [0.2, 0.25) is 5.88 Å². The average Bonchev–Trinajstić information content (AvgIpc) is 2.95. The van der Waals surface area contributed by atoms with Crippen molar-refractivity contribution in [1.82, 2.24) is 14.8 Å². The first-order valence-corrected chi connectivity index (χ1v) is 8.64. The highest BCUT2D eigenvalue weighted by molar-refractivity contribution is 6.12. The van der Waals surface area contributed by atoms with Gasteiger partial charge in [-0.3, -0.25) is 9.78 Å². The molecule has 6 nitrogen and oxygen atoms in total. The quantitative estimate of drug-likeness (QED) is 0.522. The van der Waals surface area contributed by atoms with Crippen LogP contribution in [-0.4, -0.2) is 25.7 Å². The Labute approximate surface area is 164 Å². The number of pyridine rings is 1. The van der Waals surface area contributed by atoms with Crippen molar-refractivity contribution in [2.45, 2.75) is 6.92 Å². The van der Waals surface area contributed by atoms with Gasteiger partial charge >= 0.3 is 0 Å². The van der Waals surface area contributed by atoms with Crippen LogP contribution in [0.2, 0.25) is 0 Å². The SMILES string of the molecule is Cc1nn(C)c(O)c1C(=O)c1ccc2nccc(Oc3ccc(F)cc3F)c2c1. The van der Waals surface area contributed by atoms with Crippen LogP contribution < -0.4 is 4.74 Å². The molecule has 0 atom stereocenters. The molecule has 8 heteroatoms. The lowest BCUT2D eigenvalue weighted by atomic mass is 10.0. The molecule has 0 spiro atoms. The van der Waals surface area contributed by atoms with Crippen molar-refractivity contribution in [1.29, 1.82) is 0 Å². The van der Waals surface area contributed by atoms with E-state index >= 15 is 0 Å². The Balaban J connectivity index is 1.79. The van der Waals surface area contributed by atoms with E-state index in [1.54, 1.807) is 25.1 Å². The fraction of sp³-hybridized carbons (Fsp3) is 0.0952. The zero-order chi connectivity index (χ0) is 20.7. The Morgan fingerprint density at radius 1 is 1.10 bits per heavy atom. The van der Waals surface area contributed by atoms with Gasteiger partial charge < -0.3 is 9.84 Å². The zero-order valence-electron chi connectivity index (χ0n) is 15.5. The van der Waals surface area contributed by atoms with Crippen molar-refractivity contribution in [3.8, 4) is 17.4 Å². The molecule has 29 heavy (non-hydrogen) atoms. The van der Waals surface area contributed by atoms with Crippen LogP contribution in [0, 0.1) is 18.6 Å². The van der Waals surface area contributed by atoms with E-state index in [-0.39, 0.29) is 28.5 Å². The van der Waals surface area contributed by atoms with Gasteiger partial charge in [-0.2, -0.15) is 5.10 Å². The number of aryl methyl sites for hydroxylation is 2. The number of carbonyl (C=O) groups excluding carboxylic acids is 1. The number of benzene rings is 2. The molecular weight excluding hydrogens is 380 g/mol. The molecule has 0 bridgehead atoms. The van der Waals surface area contributed by atoms with Gasteiger partial charge in [-0.05, 0) is 43.3 Å². The molecule has 2 aromatic carbocycles. The minimum absolute atomic E-state index is 0.0998. The Kier molecular flexibility index (Phi) is 4.46. The molecule has 0 aliphatic heterocycles. The predicted octanol–water partition coefficient (Wildman–Crippen LogP) is 4.28. The Morgan fingerprint density at radius 3 is 2.59 bits per heavy atom. The topological polar surface area (TPSA) is 77.2 Å². The number of rotatable bonds is 4. The Hall–Kier alpha value is -3.81. The molecule has 2 aromatic heterocycles. The lowest BCUT2D eigenvalue weighted by Gasteiger charge is -2.10. The van der Waals surface area contributed by atoms with Crippen LogP contribution >= 0.6 is 0 Å². The fourth-order valence-electron chi connectivity index (χ4n) is 3.08. The standard InChI is InChI=1S/C21H15F2N3O3/c1-11-19(21(28)26(2)25-11)20(27)12-3-5-16-14(9-12)17(7-8-24-16)29-18-6-4-13(22)10-15(18)23/h3-10,28H,1-2H3. The monoisotopic (exact) mass is 395 g/mol. The molecule has 0 amide bonds. The van der Waals surface area contributed by atoms with Crippen LogP contribution in [0.15, 0.2) is 48.7 Å². The van der Waals surface area contributed by atoms with Gasteiger partial charge in [0.1, 0.15) is 17.1 Å². The second-order valence-corrected chi connectivity index (χ2v) is 6.45. The molecule has 1 N–H and O–H groups in total. The number of aromatic hydroxyl groups is 1. The molecule has 0 unspecified atom stereocenters. The number of halogens is 2. The molecule has 4 aromatic rings. The summed E-state index contributed by atoms with van der Waals surface area (Å²) >= 11 is 0. The largest absolute Gasteiger partial charge is 0.493 e. The summed E-state index contributed by atoms with van der Waals surface area (Å²) in [6.45, 7) is 1.63. The molecule has 2 heterocycles. The van der Waals surface area contributed by atoms with Gasteiger partial charge in [-0.15, -0.1) is 0 Å². The number of hydrogen-bond donors (Lipinski definition) is 1. The van der Waals surface area contributed by atoms with E-state index < -0.39 is 17.4 Å². The van der Waals surface area contributed by atoms with Crippen molar-refractivity contribution in [3.63, 3.8) is 0 Å². The van der Waals surface area contributed by atoms with Gasteiger partial charge in [0.05, 0.1) is 11.2 Å². The molecule has 0 aliphatic carbocycles. The molecular formula is C21H15F2N3O3. The van der Waals surface area contributed by atoms with Crippen molar-refractivity contribution < 1.29 is 23.4 Å². The summed E-state index contributed by atoms with van der Waals surface area (Å²) in [5.74, 6) is -2.12. The normalized spacial score (nSPS) is 11.0. The molecule has 0 fully saturated rings. The minimum atomic E-state index is -0.849. The minimum Gasteiger partial charge on any atom is -0.493 e. The van der Waals surface area contributed by atoms with Crippen molar-refractivity contribution in [2.24, 2.45) is 7.05 Å². The zero-order valence-corrected chi connectivity index (χ0v) is 15.5. The van der Waals surface area contributed by atoms with Crippen LogP contribution in [0.1, 0.15) is 21.6 Å². The number of ketones is 1. The van der Waals surface area contributed by atoms with Gasteiger partial charge in [0.25, 0.3) is 0 Å². The number of hydrogen-bond acceptors (Lipinski definition) is 5. The number of fused-ring (bicyclic) bond motifs is 1. The summed E-state index contributed by atoms with van der Waals surface area (Å²) in [4.78, 5) is 17.2. The van der Waals surface area contributed by atoms with Crippen LogP contribution in [0.4, 0.5) is 8.78 Å². The first kappa shape index (κ1) is 18.5. The van der Waals surface area contributed by atoms with E-state index in [2.05, 4.69) is 10.1 Å². The van der Waals surface area contributed by atoms with Crippen LogP contribution in [0.5, 0.6) is 17.4 Å². The maximum atomic E-state index is 14.0. The van der Waals surface area contributed by atoms with Gasteiger partial charge in [0, 0.05) is 30.3 Å². The van der Waals surface area contributed by atoms with Crippen LogP contribution in [0.25, 0.3) is 10.9 Å². The van der Waals surface area contributed by atoms with E-state index in [9.17, 15) is 18.7 Å². The number of aromatic nitrogens is 3. The molecule has 146 valence electrons. The van der Waals surface area contributed by atoms with E-state index in [0.29, 0.717) is 16.6 Å². The van der Waals surface area contributed by atoms with E-state index in [0.717, 1.165) is 12.1 Å². The number of carbonyl (C=O) groups is 1. The first-order valence-electron chi connectivity index (χ1n) is 8.64. The first-order chi connectivity index (χ1) is 13.8. The second-order valence-electron chi connectivity index (χ2n) is 6.45. The van der Waals surface area contributed by atoms with Crippen LogP contribution in [-0.2, 0) is 7.05 Å². The maximum Gasteiger partial charge on any atom is 0.220 e. The summed E-state index contributed by atoms with van der Waals surface area (Å²) in [5.41, 5.74) is 1.30. The second kappa shape index (κ2) is 6.97. The third kappa shape index (κ3) is 3.29. The van der Waals surface area contributed by atoms with Crippen LogP contribution in [0.3, 0.4) is 0 Å². The average molecular weight is 395 g/mol. The summed E-state index contributed by atoms with van der Waals surface area (Å²) in [7, 11) is 1.53. The molecule has 0 aliphatic rings. The summed E-state index contributed by atoms with van der Waals surface area (Å²) in [6, 6.07) is 9.26. The van der Waals surface area contributed by atoms with Crippen molar-refractivity contribution in [3.05, 3.63) is 77.1 Å². The maximum absolute atomic E-state index is 14.0. The van der Waals surface area contributed by atoms with Crippen molar-refractivity contribution in [2.75, 3.05) is 0 Å². The van der Waals surface area contributed by atoms with E-state index in [4.69, 9.17) is 4.74 Å². The lowest BCUT2D eigenvalue weighted by Crippen LogP contribution is -2.03. The fourth-order valence-corrected chi connectivity index (χ4v) is 3.08. The Morgan fingerprint density at radius 2 is 1.90 bits per heavy atom.